The second-order valence-electron chi connectivity index (χ2n) is 6.43. The van der Waals surface area contributed by atoms with Crippen LogP contribution in [-0.4, -0.2) is 30.4 Å². The van der Waals surface area contributed by atoms with Crippen molar-refractivity contribution in [2.45, 2.75) is 31.9 Å². The van der Waals surface area contributed by atoms with Gasteiger partial charge in [0.05, 0.1) is 6.61 Å². The second-order valence-corrected chi connectivity index (χ2v) is 6.43. The maximum atomic E-state index is 12.0. The fourth-order valence-corrected chi connectivity index (χ4v) is 2.72. The fourth-order valence-electron chi connectivity index (χ4n) is 2.72. The predicted octanol–water partition coefficient (Wildman–Crippen LogP) is 2.67. The van der Waals surface area contributed by atoms with Crippen LogP contribution in [0.2, 0.25) is 0 Å². The standard InChI is InChI=1S/C18H24N2O3/c21-10-14-6-7-17(8-14)20-18(22)19-16-3-1-2-15(9-16)12-23-11-13-4-5-13/h1-3,6-7,9,13-14,17,21H,4-5,8,10-12H2,(H2,19,20,22)/t14-,17+/m0/s1. The Morgan fingerprint density at radius 2 is 2.17 bits per heavy atom. The normalized spacial score (nSPS) is 23.0. The van der Waals surface area contributed by atoms with Crippen LogP contribution in [0.4, 0.5) is 10.5 Å². The van der Waals surface area contributed by atoms with E-state index in [0.717, 1.165) is 30.2 Å². The molecule has 1 fully saturated rings. The molecule has 0 spiro atoms. The summed E-state index contributed by atoms with van der Waals surface area (Å²) in [5.41, 5.74) is 1.82. The van der Waals surface area contributed by atoms with Crippen molar-refractivity contribution in [2.75, 3.05) is 18.5 Å². The quantitative estimate of drug-likeness (QED) is 0.677. The highest BCUT2D eigenvalue weighted by Gasteiger charge is 2.21. The van der Waals surface area contributed by atoms with E-state index in [1.54, 1.807) is 0 Å². The van der Waals surface area contributed by atoms with Crippen LogP contribution in [0.1, 0.15) is 24.8 Å². The molecular formula is C18H24N2O3. The molecule has 0 unspecified atom stereocenters. The lowest BCUT2D eigenvalue weighted by molar-refractivity contribution is 0.111. The van der Waals surface area contributed by atoms with E-state index >= 15 is 0 Å². The van der Waals surface area contributed by atoms with Crippen molar-refractivity contribution >= 4 is 11.7 Å². The average Bonchev–Trinajstić information content (AvgIpc) is 3.25. The van der Waals surface area contributed by atoms with Gasteiger partial charge in [-0.05, 0) is 42.9 Å². The number of hydrogen-bond donors (Lipinski definition) is 3. The molecule has 0 saturated heterocycles. The number of ether oxygens (including phenoxy) is 1. The molecule has 3 N–H and O–H groups in total. The van der Waals surface area contributed by atoms with Gasteiger partial charge < -0.3 is 20.5 Å². The number of urea groups is 1. The topological polar surface area (TPSA) is 70.6 Å². The summed E-state index contributed by atoms with van der Waals surface area (Å²) >= 11 is 0. The van der Waals surface area contributed by atoms with E-state index in [0.29, 0.717) is 6.61 Å². The first-order valence-corrected chi connectivity index (χ1v) is 8.26. The summed E-state index contributed by atoms with van der Waals surface area (Å²) in [7, 11) is 0. The third kappa shape index (κ3) is 5.08. The molecule has 2 aliphatic rings. The highest BCUT2D eigenvalue weighted by molar-refractivity contribution is 5.89. The lowest BCUT2D eigenvalue weighted by Crippen LogP contribution is -2.36. The molecule has 5 heteroatoms. The lowest BCUT2D eigenvalue weighted by atomic mass is 10.1. The third-order valence-corrected chi connectivity index (χ3v) is 4.23. The number of aliphatic hydroxyl groups excluding tert-OH is 1. The van der Waals surface area contributed by atoms with Gasteiger partial charge in [0.1, 0.15) is 0 Å². The molecule has 5 nitrogen and oxygen atoms in total. The van der Waals surface area contributed by atoms with E-state index in [4.69, 9.17) is 9.84 Å². The van der Waals surface area contributed by atoms with Gasteiger partial charge in [0.15, 0.2) is 0 Å². The smallest absolute Gasteiger partial charge is 0.319 e. The van der Waals surface area contributed by atoms with Crippen LogP contribution in [0.25, 0.3) is 0 Å². The molecule has 2 aliphatic carbocycles. The van der Waals surface area contributed by atoms with Crippen molar-refractivity contribution in [3.8, 4) is 0 Å². The van der Waals surface area contributed by atoms with Crippen LogP contribution in [-0.2, 0) is 11.3 Å². The zero-order valence-corrected chi connectivity index (χ0v) is 13.2. The fraction of sp³-hybridized carbons (Fsp3) is 0.500. The summed E-state index contributed by atoms with van der Waals surface area (Å²) in [4.78, 5) is 12.0. The molecule has 2 amide bonds. The van der Waals surface area contributed by atoms with E-state index in [-0.39, 0.29) is 24.6 Å². The van der Waals surface area contributed by atoms with Crippen molar-refractivity contribution in [3.63, 3.8) is 0 Å². The van der Waals surface area contributed by atoms with E-state index in [2.05, 4.69) is 10.6 Å². The maximum Gasteiger partial charge on any atom is 0.319 e. The van der Waals surface area contributed by atoms with Crippen LogP contribution in [0, 0.1) is 11.8 Å². The summed E-state index contributed by atoms with van der Waals surface area (Å²) in [6, 6.07) is 7.48. The number of rotatable bonds is 7. The van der Waals surface area contributed by atoms with Gasteiger partial charge in [-0.15, -0.1) is 0 Å². The molecular weight excluding hydrogens is 292 g/mol. The highest BCUT2D eigenvalue weighted by atomic mass is 16.5. The summed E-state index contributed by atoms with van der Waals surface area (Å²) in [5.74, 6) is 0.900. The minimum atomic E-state index is -0.228. The van der Waals surface area contributed by atoms with E-state index in [1.165, 1.54) is 12.8 Å². The van der Waals surface area contributed by atoms with Crippen LogP contribution in [0.3, 0.4) is 0 Å². The molecule has 1 saturated carbocycles. The van der Waals surface area contributed by atoms with Crippen LogP contribution >= 0.6 is 0 Å². The number of amides is 2. The van der Waals surface area contributed by atoms with Gasteiger partial charge in [0.2, 0.25) is 0 Å². The van der Waals surface area contributed by atoms with Crippen molar-refractivity contribution in [1.29, 1.82) is 0 Å². The van der Waals surface area contributed by atoms with Crippen molar-refractivity contribution in [1.82, 2.24) is 5.32 Å². The SMILES string of the molecule is O=C(Nc1cccc(COCC2CC2)c1)N[C@@H]1C=C[C@H](CO)C1. The van der Waals surface area contributed by atoms with Crippen LogP contribution in [0.15, 0.2) is 36.4 Å². The number of carbonyl (C=O) groups excluding carboxylic acids is 1. The Kier molecular flexibility index (Phi) is 5.31. The number of carbonyl (C=O) groups is 1. The first-order chi connectivity index (χ1) is 11.2. The van der Waals surface area contributed by atoms with Gasteiger partial charge in [0.25, 0.3) is 0 Å². The monoisotopic (exact) mass is 316 g/mol. The zero-order chi connectivity index (χ0) is 16.1. The molecule has 23 heavy (non-hydrogen) atoms. The second kappa shape index (κ2) is 7.62. The van der Waals surface area contributed by atoms with Crippen molar-refractivity contribution in [3.05, 3.63) is 42.0 Å². The van der Waals surface area contributed by atoms with E-state index < -0.39 is 0 Å². The number of anilines is 1. The molecule has 0 bridgehead atoms. The molecule has 0 radical (unpaired) electrons. The number of hydrogen-bond acceptors (Lipinski definition) is 3. The van der Waals surface area contributed by atoms with Crippen molar-refractivity contribution in [2.24, 2.45) is 11.8 Å². The molecule has 2 atom stereocenters. The van der Waals surface area contributed by atoms with Gasteiger partial charge in [-0.25, -0.2) is 4.79 Å². The van der Waals surface area contributed by atoms with Crippen LogP contribution in [0.5, 0.6) is 0 Å². The highest BCUT2D eigenvalue weighted by Crippen LogP contribution is 2.29. The Labute approximate surface area is 136 Å². The Morgan fingerprint density at radius 3 is 2.91 bits per heavy atom. The maximum absolute atomic E-state index is 12.0. The third-order valence-electron chi connectivity index (χ3n) is 4.23. The Hall–Kier alpha value is -1.85. The van der Waals surface area contributed by atoms with Gasteiger partial charge in [-0.2, -0.15) is 0 Å². The summed E-state index contributed by atoms with van der Waals surface area (Å²) in [6.07, 6.45) is 7.20. The molecule has 0 aromatic heterocycles. The average molecular weight is 316 g/mol. The minimum absolute atomic E-state index is 0.0165. The van der Waals surface area contributed by atoms with Crippen LogP contribution < -0.4 is 10.6 Å². The largest absolute Gasteiger partial charge is 0.396 e. The first-order valence-electron chi connectivity index (χ1n) is 8.26. The molecule has 0 aliphatic heterocycles. The molecule has 3 rings (SSSR count). The molecule has 1 aromatic carbocycles. The van der Waals surface area contributed by atoms with Gasteiger partial charge >= 0.3 is 6.03 Å². The number of aliphatic hydroxyl groups is 1. The molecule has 1 aromatic rings. The summed E-state index contributed by atoms with van der Waals surface area (Å²) in [5, 5.41) is 14.9. The minimum Gasteiger partial charge on any atom is -0.396 e. The number of benzene rings is 1. The summed E-state index contributed by atoms with van der Waals surface area (Å²) in [6.45, 7) is 1.54. The molecule has 124 valence electrons. The Bertz CT molecular complexity index is 569. The Morgan fingerprint density at radius 1 is 1.30 bits per heavy atom. The lowest BCUT2D eigenvalue weighted by Gasteiger charge is -2.14. The van der Waals surface area contributed by atoms with Gasteiger partial charge in [0, 0.05) is 30.9 Å². The van der Waals surface area contributed by atoms with Crippen molar-refractivity contribution < 1.29 is 14.6 Å². The van der Waals surface area contributed by atoms with Gasteiger partial charge in [-0.1, -0.05) is 24.3 Å². The first kappa shape index (κ1) is 16.0. The number of nitrogens with one attached hydrogen (secondary N) is 2. The Balaban J connectivity index is 1.45. The predicted molar refractivity (Wildman–Crippen MR) is 89.1 cm³/mol. The van der Waals surface area contributed by atoms with E-state index in [1.807, 2.05) is 36.4 Å². The van der Waals surface area contributed by atoms with E-state index in [9.17, 15) is 4.79 Å². The molecule has 0 heterocycles. The zero-order valence-electron chi connectivity index (χ0n) is 13.2. The summed E-state index contributed by atoms with van der Waals surface area (Å²) < 4.78 is 5.67. The van der Waals surface area contributed by atoms with Gasteiger partial charge in [-0.3, -0.25) is 0 Å².